The fraction of sp³-hybridized carbons (Fsp3) is 0.500. The fourth-order valence-corrected chi connectivity index (χ4v) is 2.05. The minimum absolute atomic E-state index is 0.0913. The SMILES string of the molecule is CC(C)N(C)CCCNC(=O)c1cccc(N)c1Br. The van der Waals surface area contributed by atoms with E-state index < -0.39 is 0 Å². The Bertz CT molecular complexity index is 435. The fourth-order valence-electron chi connectivity index (χ4n) is 1.61. The van der Waals surface area contributed by atoms with Crippen LogP contribution >= 0.6 is 15.9 Å². The number of rotatable bonds is 6. The molecular formula is C14H22BrN3O. The third-order valence-corrected chi connectivity index (χ3v) is 4.01. The van der Waals surface area contributed by atoms with Crippen molar-refractivity contribution in [3.05, 3.63) is 28.2 Å². The summed E-state index contributed by atoms with van der Waals surface area (Å²) in [4.78, 5) is 14.2. The second kappa shape index (κ2) is 7.50. The van der Waals surface area contributed by atoms with Gasteiger partial charge in [0.05, 0.1) is 10.0 Å². The predicted molar refractivity (Wildman–Crippen MR) is 83.3 cm³/mol. The number of nitrogens with zero attached hydrogens (tertiary/aromatic N) is 1. The van der Waals surface area contributed by atoms with E-state index in [0.29, 0.717) is 28.3 Å². The first kappa shape index (κ1) is 16.0. The molecule has 3 N–H and O–H groups in total. The molecule has 0 heterocycles. The topological polar surface area (TPSA) is 58.4 Å². The minimum atomic E-state index is -0.0913. The van der Waals surface area contributed by atoms with Gasteiger partial charge < -0.3 is 16.0 Å². The third-order valence-electron chi connectivity index (χ3n) is 3.13. The van der Waals surface area contributed by atoms with Gasteiger partial charge in [0, 0.05) is 18.3 Å². The molecule has 0 radical (unpaired) electrons. The van der Waals surface area contributed by atoms with Crippen LogP contribution in [-0.4, -0.2) is 37.0 Å². The average Bonchev–Trinajstić information content (AvgIpc) is 2.37. The molecule has 1 aromatic carbocycles. The van der Waals surface area contributed by atoms with Gasteiger partial charge in [-0.1, -0.05) is 6.07 Å². The highest BCUT2D eigenvalue weighted by Crippen LogP contribution is 2.23. The van der Waals surface area contributed by atoms with E-state index in [1.165, 1.54) is 0 Å². The molecule has 0 aromatic heterocycles. The summed E-state index contributed by atoms with van der Waals surface area (Å²) in [6.07, 6.45) is 0.931. The minimum Gasteiger partial charge on any atom is -0.398 e. The Balaban J connectivity index is 2.42. The summed E-state index contributed by atoms with van der Waals surface area (Å²) in [5.74, 6) is -0.0913. The molecule has 4 nitrogen and oxygen atoms in total. The zero-order valence-electron chi connectivity index (χ0n) is 11.7. The largest absolute Gasteiger partial charge is 0.398 e. The van der Waals surface area contributed by atoms with Crippen LogP contribution in [0.5, 0.6) is 0 Å². The van der Waals surface area contributed by atoms with Crippen molar-refractivity contribution in [3.8, 4) is 0 Å². The first-order valence-corrected chi connectivity index (χ1v) is 7.25. The Morgan fingerprint density at radius 3 is 2.79 bits per heavy atom. The Kier molecular flexibility index (Phi) is 6.31. The standard InChI is InChI=1S/C14H22BrN3O/c1-10(2)18(3)9-5-8-17-14(19)11-6-4-7-12(16)13(11)15/h4,6-7,10H,5,8-9,16H2,1-3H3,(H,17,19). The first-order chi connectivity index (χ1) is 8.93. The molecule has 0 aliphatic carbocycles. The third kappa shape index (κ3) is 4.84. The van der Waals surface area contributed by atoms with Crippen molar-refractivity contribution in [2.24, 2.45) is 0 Å². The second-order valence-corrected chi connectivity index (χ2v) is 5.69. The van der Waals surface area contributed by atoms with E-state index in [1.54, 1.807) is 18.2 Å². The number of carbonyl (C=O) groups is 1. The van der Waals surface area contributed by atoms with Gasteiger partial charge in [-0.25, -0.2) is 0 Å². The molecule has 1 aromatic rings. The molecule has 1 rings (SSSR count). The molecule has 0 saturated carbocycles. The van der Waals surface area contributed by atoms with E-state index in [4.69, 9.17) is 5.73 Å². The van der Waals surface area contributed by atoms with E-state index in [2.05, 4.69) is 47.0 Å². The van der Waals surface area contributed by atoms with Crippen molar-refractivity contribution in [2.45, 2.75) is 26.3 Å². The maximum atomic E-state index is 12.0. The van der Waals surface area contributed by atoms with Crippen LogP contribution in [0.1, 0.15) is 30.6 Å². The quantitative estimate of drug-likeness (QED) is 0.623. The van der Waals surface area contributed by atoms with Gasteiger partial charge in [-0.3, -0.25) is 4.79 Å². The van der Waals surface area contributed by atoms with Crippen LogP contribution in [0.25, 0.3) is 0 Å². The van der Waals surface area contributed by atoms with E-state index in [0.717, 1.165) is 13.0 Å². The van der Waals surface area contributed by atoms with Crippen LogP contribution in [0.15, 0.2) is 22.7 Å². The molecule has 0 spiro atoms. The molecule has 0 aliphatic rings. The number of anilines is 1. The van der Waals surface area contributed by atoms with E-state index in [9.17, 15) is 4.79 Å². The highest BCUT2D eigenvalue weighted by molar-refractivity contribution is 9.10. The summed E-state index contributed by atoms with van der Waals surface area (Å²) in [5, 5.41) is 2.91. The molecule has 0 saturated heterocycles. The lowest BCUT2D eigenvalue weighted by Crippen LogP contribution is -2.31. The van der Waals surface area contributed by atoms with Crippen LogP contribution in [0, 0.1) is 0 Å². The van der Waals surface area contributed by atoms with E-state index in [1.807, 2.05) is 0 Å². The molecule has 1 amide bonds. The summed E-state index contributed by atoms with van der Waals surface area (Å²) in [6.45, 7) is 5.94. The van der Waals surface area contributed by atoms with Crippen LogP contribution < -0.4 is 11.1 Å². The Morgan fingerprint density at radius 1 is 1.47 bits per heavy atom. The van der Waals surface area contributed by atoms with Gasteiger partial charge in [-0.2, -0.15) is 0 Å². The van der Waals surface area contributed by atoms with Gasteiger partial charge in [0.25, 0.3) is 5.91 Å². The zero-order chi connectivity index (χ0) is 14.4. The van der Waals surface area contributed by atoms with Gasteiger partial charge >= 0.3 is 0 Å². The molecular weight excluding hydrogens is 306 g/mol. The summed E-state index contributed by atoms with van der Waals surface area (Å²) in [6, 6.07) is 5.83. The maximum Gasteiger partial charge on any atom is 0.252 e. The summed E-state index contributed by atoms with van der Waals surface area (Å²) >= 11 is 3.34. The van der Waals surface area contributed by atoms with Gasteiger partial charge in [0.1, 0.15) is 0 Å². The zero-order valence-corrected chi connectivity index (χ0v) is 13.3. The monoisotopic (exact) mass is 327 g/mol. The van der Waals surface area contributed by atoms with Gasteiger partial charge in [0.2, 0.25) is 0 Å². The molecule has 0 fully saturated rings. The molecule has 106 valence electrons. The number of hydrogen-bond acceptors (Lipinski definition) is 3. The summed E-state index contributed by atoms with van der Waals surface area (Å²) in [7, 11) is 2.08. The number of nitrogen functional groups attached to an aromatic ring is 1. The average molecular weight is 328 g/mol. The first-order valence-electron chi connectivity index (χ1n) is 6.46. The summed E-state index contributed by atoms with van der Waals surface area (Å²) < 4.78 is 0.659. The van der Waals surface area contributed by atoms with Crippen LogP contribution in [0.4, 0.5) is 5.69 Å². The smallest absolute Gasteiger partial charge is 0.252 e. The van der Waals surface area contributed by atoms with Crippen LogP contribution in [0.2, 0.25) is 0 Å². The molecule has 0 bridgehead atoms. The van der Waals surface area contributed by atoms with Crippen LogP contribution in [0.3, 0.4) is 0 Å². The van der Waals surface area contributed by atoms with Crippen molar-refractivity contribution in [2.75, 3.05) is 25.9 Å². The lowest BCUT2D eigenvalue weighted by atomic mass is 10.2. The molecule has 0 atom stereocenters. The Hall–Kier alpha value is -1.07. The predicted octanol–water partition coefficient (Wildman–Crippen LogP) is 2.49. The number of benzene rings is 1. The Morgan fingerprint density at radius 2 is 2.16 bits per heavy atom. The lowest BCUT2D eigenvalue weighted by Gasteiger charge is -2.20. The van der Waals surface area contributed by atoms with Crippen molar-refractivity contribution < 1.29 is 4.79 Å². The highest BCUT2D eigenvalue weighted by atomic mass is 79.9. The lowest BCUT2D eigenvalue weighted by molar-refractivity contribution is 0.0951. The molecule has 5 heteroatoms. The van der Waals surface area contributed by atoms with Crippen molar-refractivity contribution in [1.82, 2.24) is 10.2 Å². The van der Waals surface area contributed by atoms with Crippen molar-refractivity contribution in [3.63, 3.8) is 0 Å². The van der Waals surface area contributed by atoms with Gasteiger partial charge in [-0.05, 0) is 61.9 Å². The van der Waals surface area contributed by atoms with Gasteiger partial charge in [-0.15, -0.1) is 0 Å². The summed E-state index contributed by atoms with van der Waals surface area (Å²) in [5.41, 5.74) is 6.91. The molecule has 0 aliphatic heterocycles. The van der Waals surface area contributed by atoms with E-state index >= 15 is 0 Å². The van der Waals surface area contributed by atoms with Crippen molar-refractivity contribution in [1.29, 1.82) is 0 Å². The number of amides is 1. The highest BCUT2D eigenvalue weighted by Gasteiger charge is 2.11. The number of carbonyl (C=O) groups excluding carboxylic acids is 1. The number of nitrogens with two attached hydrogens (primary N) is 1. The second-order valence-electron chi connectivity index (χ2n) is 4.89. The van der Waals surface area contributed by atoms with Gasteiger partial charge in [0.15, 0.2) is 0 Å². The number of nitrogens with one attached hydrogen (secondary N) is 1. The number of hydrogen-bond donors (Lipinski definition) is 2. The molecule has 19 heavy (non-hydrogen) atoms. The van der Waals surface area contributed by atoms with E-state index in [-0.39, 0.29) is 5.91 Å². The van der Waals surface area contributed by atoms with Crippen LogP contribution in [-0.2, 0) is 0 Å². The van der Waals surface area contributed by atoms with Crippen molar-refractivity contribution >= 4 is 27.5 Å². The maximum absolute atomic E-state index is 12.0. The normalized spacial score (nSPS) is 11.1. The molecule has 0 unspecified atom stereocenters. The number of halogens is 1. The Labute approximate surface area is 123 Å².